The summed E-state index contributed by atoms with van der Waals surface area (Å²) in [5, 5.41) is 8.07. The summed E-state index contributed by atoms with van der Waals surface area (Å²) in [5.41, 5.74) is 3.80. The van der Waals surface area contributed by atoms with Crippen LogP contribution in [0.4, 0.5) is 0 Å². The van der Waals surface area contributed by atoms with E-state index in [0.29, 0.717) is 4.75 Å². The van der Waals surface area contributed by atoms with Crippen molar-refractivity contribution in [2.75, 3.05) is 12.8 Å². The smallest absolute Gasteiger partial charge is 0.0641 e. The highest BCUT2D eigenvalue weighted by Crippen LogP contribution is 2.42. The lowest BCUT2D eigenvalue weighted by Crippen LogP contribution is -2.43. The molecule has 1 aromatic heterocycles. The van der Waals surface area contributed by atoms with Crippen LogP contribution in [0.1, 0.15) is 36.2 Å². The lowest BCUT2D eigenvalue weighted by molar-refractivity contribution is 0.345. The molecule has 0 radical (unpaired) electrons. The molecule has 0 aromatic carbocycles. The first-order valence-corrected chi connectivity index (χ1v) is 7.55. The first-order chi connectivity index (χ1) is 8.08. The van der Waals surface area contributed by atoms with Crippen LogP contribution in [0.3, 0.4) is 0 Å². The Morgan fingerprint density at radius 3 is 2.53 bits per heavy atom. The summed E-state index contributed by atoms with van der Waals surface area (Å²) in [6.07, 6.45) is 6.37. The summed E-state index contributed by atoms with van der Waals surface area (Å²) in [6, 6.07) is 0. The van der Waals surface area contributed by atoms with Crippen molar-refractivity contribution in [3.05, 3.63) is 17.0 Å². The average Bonchev–Trinajstić information content (AvgIpc) is 2.48. The van der Waals surface area contributed by atoms with E-state index in [9.17, 15) is 0 Å². The van der Waals surface area contributed by atoms with E-state index in [0.717, 1.165) is 18.8 Å². The van der Waals surface area contributed by atoms with Gasteiger partial charge in [-0.3, -0.25) is 4.68 Å². The Morgan fingerprint density at radius 2 is 2.12 bits per heavy atom. The molecule has 1 fully saturated rings. The minimum absolute atomic E-state index is 0.518. The standard InChI is InChI=1S/C13H23N3S/c1-10-12(11(2)16(3)15-10)8-14-9-13(17-4)6-5-7-13/h14H,5-9H2,1-4H3. The van der Waals surface area contributed by atoms with Crippen LogP contribution in [0.25, 0.3) is 0 Å². The van der Waals surface area contributed by atoms with Crippen LogP contribution >= 0.6 is 11.8 Å². The molecule has 1 N–H and O–H groups in total. The summed E-state index contributed by atoms with van der Waals surface area (Å²) in [6.45, 7) is 6.32. The molecule has 96 valence electrons. The van der Waals surface area contributed by atoms with Crippen LogP contribution in [0.15, 0.2) is 0 Å². The number of nitrogens with zero attached hydrogens (tertiary/aromatic N) is 2. The van der Waals surface area contributed by atoms with Crippen molar-refractivity contribution in [3.63, 3.8) is 0 Å². The molecule has 0 bridgehead atoms. The van der Waals surface area contributed by atoms with Crippen LogP contribution < -0.4 is 5.32 Å². The third-order valence-electron chi connectivity index (χ3n) is 4.11. The summed E-state index contributed by atoms with van der Waals surface area (Å²) < 4.78 is 2.49. The lowest BCUT2D eigenvalue weighted by atomic mass is 9.84. The molecule has 1 saturated carbocycles. The van der Waals surface area contributed by atoms with Gasteiger partial charge in [0.05, 0.1) is 5.69 Å². The molecular formula is C13H23N3S. The molecule has 0 atom stereocenters. The van der Waals surface area contributed by atoms with E-state index in [1.165, 1.54) is 30.5 Å². The number of nitrogens with one attached hydrogen (secondary N) is 1. The molecular weight excluding hydrogens is 230 g/mol. The van der Waals surface area contributed by atoms with E-state index in [1.54, 1.807) is 0 Å². The van der Waals surface area contributed by atoms with Gasteiger partial charge in [0.1, 0.15) is 0 Å². The summed E-state index contributed by atoms with van der Waals surface area (Å²) >= 11 is 2.02. The Kier molecular flexibility index (Phi) is 3.83. The number of hydrogen-bond donors (Lipinski definition) is 1. The molecule has 0 spiro atoms. The van der Waals surface area contributed by atoms with Crippen molar-refractivity contribution in [2.24, 2.45) is 7.05 Å². The Labute approximate surface area is 108 Å². The molecule has 2 rings (SSSR count). The SMILES string of the molecule is CSC1(CNCc2c(C)nn(C)c2C)CCC1. The van der Waals surface area contributed by atoms with Gasteiger partial charge in [-0.1, -0.05) is 6.42 Å². The second-order valence-corrected chi connectivity index (χ2v) is 6.39. The van der Waals surface area contributed by atoms with Crippen molar-refractivity contribution >= 4 is 11.8 Å². The highest BCUT2D eigenvalue weighted by Gasteiger charge is 2.35. The van der Waals surface area contributed by atoms with Gasteiger partial charge in [-0.25, -0.2) is 0 Å². The third kappa shape index (κ3) is 2.52. The van der Waals surface area contributed by atoms with Crippen LogP contribution in [0, 0.1) is 13.8 Å². The normalized spacial score (nSPS) is 18.1. The van der Waals surface area contributed by atoms with Crippen LogP contribution in [-0.4, -0.2) is 27.3 Å². The minimum atomic E-state index is 0.518. The maximum Gasteiger partial charge on any atom is 0.0641 e. The van der Waals surface area contributed by atoms with Gasteiger partial charge in [0, 0.05) is 36.1 Å². The summed E-state index contributed by atoms with van der Waals surface area (Å²) in [7, 11) is 2.02. The summed E-state index contributed by atoms with van der Waals surface area (Å²) in [4.78, 5) is 0. The second kappa shape index (κ2) is 5.02. The maximum absolute atomic E-state index is 4.45. The molecule has 1 aliphatic carbocycles. The Balaban J connectivity index is 1.90. The van der Waals surface area contributed by atoms with Crippen LogP contribution in [0.5, 0.6) is 0 Å². The number of rotatable bonds is 5. The first kappa shape index (κ1) is 13.0. The molecule has 17 heavy (non-hydrogen) atoms. The zero-order chi connectivity index (χ0) is 12.5. The second-order valence-electron chi connectivity index (χ2n) is 5.12. The van der Waals surface area contributed by atoms with Gasteiger partial charge < -0.3 is 5.32 Å². The van der Waals surface area contributed by atoms with Crippen molar-refractivity contribution < 1.29 is 0 Å². The topological polar surface area (TPSA) is 29.9 Å². The molecule has 3 nitrogen and oxygen atoms in total. The van der Waals surface area contributed by atoms with Crippen molar-refractivity contribution in [2.45, 2.75) is 44.4 Å². The van der Waals surface area contributed by atoms with Crippen molar-refractivity contribution in [1.29, 1.82) is 0 Å². The highest BCUT2D eigenvalue weighted by molar-refractivity contribution is 8.00. The summed E-state index contributed by atoms with van der Waals surface area (Å²) in [5.74, 6) is 0. The zero-order valence-corrected chi connectivity index (χ0v) is 12.2. The first-order valence-electron chi connectivity index (χ1n) is 6.33. The maximum atomic E-state index is 4.45. The molecule has 1 aromatic rings. The zero-order valence-electron chi connectivity index (χ0n) is 11.3. The van der Waals surface area contributed by atoms with Crippen molar-refractivity contribution in [1.82, 2.24) is 15.1 Å². The molecule has 0 aliphatic heterocycles. The number of thioether (sulfide) groups is 1. The van der Waals surface area contributed by atoms with Gasteiger partial charge in [0.2, 0.25) is 0 Å². The van der Waals surface area contributed by atoms with E-state index >= 15 is 0 Å². The lowest BCUT2D eigenvalue weighted by Gasteiger charge is -2.40. The van der Waals surface area contributed by atoms with Gasteiger partial charge in [-0.2, -0.15) is 16.9 Å². The molecule has 0 saturated heterocycles. The molecule has 1 aliphatic rings. The Bertz CT molecular complexity index is 388. The number of aromatic nitrogens is 2. The highest BCUT2D eigenvalue weighted by atomic mass is 32.2. The van der Waals surface area contributed by atoms with Gasteiger partial charge in [0.15, 0.2) is 0 Å². The fourth-order valence-electron chi connectivity index (χ4n) is 2.51. The Hall–Kier alpha value is -0.480. The Morgan fingerprint density at radius 1 is 1.41 bits per heavy atom. The molecule has 0 amide bonds. The predicted octanol–water partition coefficient (Wildman–Crippen LogP) is 2.41. The van der Waals surface area contributed by atoms with Crippen LogP contribution in [0.2, 0.25) is 0 Å². The van der Waals surface area contributed by atoms with E-state index in [-0.39, 0.29) is 0 Å². The van der Waals surface area contributed by atoms with E-state index < -0.39 is 0 Å². The van der Waals surface area contributed by atoms with Gasteiger partial charge >= 0.3 is 0 Å². The van der Waals surface area contributed by atoms with Crippen molar-refractivity contribution in [3.8, 4) is 0 Å². The van der Waals surface area contributed by atoms with E-state index in [4.69, 9.17) is 0 Å². The quantitative estimate of drug-likeness (QED) is 0.874. The van der Waals surface area contributed by atoms with Crippen LogP contribution in [-0.2, 0) is 13.6 Å². The van der Waals surface area contributed by atoms with Gasteiger partial charge in [-0.15, -0.1) is 0 Å². The fraction of sp³-hybridized carbons (Fsp3) is 0.769. The third-order valence-corrected chi connectivity index (χ3v) is 5.52. The molecule has 0 unspecified atom stereocenters. The van der Waals surface area contributed by atoms with Gasteiger partial charge in [-0.05, 0) is 32.9 Å². The monoisotopic (exact) mass is 253 g/mol. The molecule has 4 heteroatoms. The number of hydrogen-bond acceptors (Lipinski definition) is 3. The van der Waals surface area contributed by atoms with Gasteiger partial charge in [0.25, 0.3) is 0 Å². The fourth-order valence-corrected chi connectivity index (χ4v) is 3.46. The number of aryl methyl sites for hydroxylation is 2. The largest absolute Gasteiger partial charge is 0.311 e. The molecule has 1 heterocycles. The minimum Gasteiger partial charge on any atom is -0.311 e. The predicted molar refractivity (Wildman–Crippen MR) is 74.5 cm³/mol. The van der Waals surface area contributed by atoms with E-state index in [2.05, 4.69) is 30.5 Å². The average molecular weight is 253 g/mol. The van der Waals surface area contributed by atoms with E-state index in [1.807, 2.05) is 23.5 Å².